The minimum atomic E-state index is -0.443. The number of amides is 1. The first-order valence-corrected chi connectivity index (χ1v) is 6.43. The van der Waals surface area contributed by atoms with E-state index in [4.69, 9.17) is 10.5 Å². The first-order valence-electron chi connectivity index (χ1n) is 6.43. The number of benzene rings is 1. The van der Waals surface area contributed by atoms with Gasteiger partial charge in [0.25, 0.3) is 5.91 Å². The van der Waals surface area contributed by atoms with E-state index in [0.29, 0.717) is 6.54 Å². The first-order chi connectivity index (χ1) is 10.2. The molecule has 0 fully saturated rings. The minimum absolute atomic E-state index is 0.00637. The number of aromatic nitrogens is 2. The summed E-state index contributed by atoms with van der Waals surface area (Å²) in [6.07, 6.45) is 0. The van der Waals surface area contributed by atoms with Crippen LogP contribution in [0, 0.1) is 5.82 Å². The van der Waals surface area contributed by atoms with Crippen LogP contribution in [0.2, 0.25) is 0 Å². The molecule has 1 aromatic heterocycles. The highest BCUT2D eigenvalue weighted by atomic mass is 19.1. The van der Waals surface area contributed by atoms with Gasteiger partial charge in [-0.15, -0.1) is 10.2 Å². The van der Waals surface area contributed by atoms with Gasteiger partial charge in [0.2, 0.25) is 5.88 Å². The van der Waals surface area contributed by atoms with Crippen molar-refractivity contribution in [2.75, 3.05) is 6.54 Å². The Balaban J connectivity index is 2.17. The number of hydrogen-bond donors (Lipinski definition) is 2. The zero-order valence-electron chi connectivity index (χ0n) is 11.5. The lowest BCUT2D eigenvalue weighted by atomic mass is 10.2. The van der Waals surface area contributed by atoms with Gasteiger partial charge in [-0.25, -0.2) is 4.39 Å². The third kappa shape index (κ3) is 3.51. The van der Waals surface area contributed by atoms with Crippen molar-refractivity contribution >= 4 is 5.91 Å². The molecule has 0 aliphatic rings. The highest BCUT2D eigenvalue weighted by Crippen LogP contribution is 2.25. The molecule has 2 rings (SSSR count). The predicted molar refractivity (Wildman–Crippen MR) is 74.4 cm³/mol. The van der Waals surface area contributed by atoms with Gasteiger partial charge in [-0.2, -0.15) is 0 Å². The third-order valence-electron chi connectivity index (χ3n) is 2.70. The van der Waals surface area contributed by atoms with Crippen LogP contribution in [-0.2, 0) is 6.54 Å². The summed E-state index contributed by atoms with van der Waals surface area (Å²) in [4.78, 5) is 11.5. The van der Waals surface area contributed by atoms with Crippen LogP contribution in [-0.4, -0.2) is 22.6 Å². The summed E-state index contributed by atoms with van der Waals surface area (Å²) in [6, 6.07) is 7.38. The molecule has 0 saturated heterocycles. The van der Waals surface area contributed by atoms with Crippen molar-refractivity contribution in [2.24, 2.45) is 5.73 Å². The molecule has 110 valence electrons. The van der Waals surface area contributed by atoms with Gasteiger partial charge in [0.05, 0.1) is 0 Å². The molecule has 1 aromatic carbocycles. The van der Waals surface area contributed by atoms with Gasteiger partial charge in [-0.3, -0.25) is 4.79 Å². The van der Waals surface area contributed by atoms with E-state index in [9.17, 15) is 9.18 Å². The molecule has 0 bridgehead atoms. The SMILES string of the molecule is CCNC(=O)c1ccc(Oc2cccc(F)c2CN)nn1. The zero-order valence-corrected chi connectivity index (χ0v) is 11.5. The van der Waals surface area contributed by atoms with E-state index in [-0.39, 0.29) is 35.3 Å². The Morgan fingerprint density at radius 1 is 1.33 bits per heavy atom. The van der Waals surface area contributed by atoms with Crippen molar-refractivity contribution in [3.05, 3.63) is 47.4 Å². The molecular formula is C14H15FN4O2. The van der Waals surface area contributed by atoms with E-state index in [2.05, 4.69) is 15.5 Å². The quantitative estimate of drug-likeness (QED) is 0.873. The van der Waals surface area contributed by atoms with Crippen molar-refractivity contribution in [1.82, 2.24) is 15.5 Å². The van der Waals surface area contributed by atoms with E-state index in [1.807, 2.05) is 0 Å². The normalized spacial score (nSPS) is 10.2. The lowest BCUT2D eigenvalue weighted by molar-refractivity contribution is 0.0949. The Morgan fingerprint density at radius 3 is 2.76 bits per heavy atom. The maximum absolute atomic E-state index is 13.6. The lowest BCUT2D eigenvalue weighted by Gasteiger charge is -2.09. The van der Waals surface area contributed by atoms with E-state index >= 15 is 0 Å². The molecule has 0 saturated carbocycles. The molecule has 21 heavy (non-hydrogen) atoms. The Bertz CT molecular complexity index is 631. The van der Waals surface area contributed by atoms with Gasteiger partial charge in [-0.05, 0) is 25.1 Å². The average molecular weight is 290 g/mol. The summed E-state index contributed by atoms with van der Waals surface area (Å²) in [5.41, 5.74) is 5.93. The van der Waals surface area contributed by atoms with Crippen LogP contribution in [0.5, 0.6) is 11.6 Å². The molecule has 1 amide bonds. The number of nitrogens with one attached hydrogen (secondary N) is 1. The van der Waals surface area contributed by atoms with Crippen LogP contribution in [0.4, 0.5) is 4.39 Å². The van der Waals surface area contributed by atoms with Crippen molar-refractivity contribution in [3.8, 4) is 11.6 Å². The number of halogens is 1. The highest BCUT2D eigenvalue weighted by Gasteiger charge is 2.11. The summed E-state index contributed by atoms with van der Waals surface area (Å²) >= 11 is 0. The number of hydrogen-bond acceptors (Lipinski definition) is 5. The van der Waals surface area contributed by atoms with Crippen molar-refractivity contribution in [3.63, 3.8) is 0 Å². The maximum Gasteiger partial charge on any atom is 0.271 e. The van der Waals surface area contributed by atoms with E-state index in [0.717, 1.165) is 0 Å². The molecule has 0 aliphatic carbocycles. The number of ether oxygens (including phenoxy) is 1. The van der Waals surface area contributed by atoms with E-state index < -0.39 is 5.82 Å². The Morgan fingerprint density at radius 2 is 2.14 bits per heavy atom. The number of nitrogens with two attached hydrogens (primary N) is 1. The number of carbonyl (C=O) groups excluding carboxylic acids is 1. The molecule has 6 nitrogen and oxygen atoms in total. The second-order valence-electron chi connectivity index (χ2n) is 4.14. The summed E-state index contributed by atoms with van der Waals surface area (Å²) < 4.78 is 19.0. The average Bonchev–Trinajstić information content (AvgIpc) is 2.48. The fourth-order valence-electron chi connectivity index (χ4n) is 1.69. The van der Waals surface area contributed by atoms with Crippen LogP contribution >= 0.6 is 0 Å². The van der Waals surface area contributed by atoms with Crippen molar-refractivity contribution in [2.45, 2.75) is 13.5 Å². The fraction of sp³-hybridized carbons (Fsp3) is 0.214. The molecule has 0 radical (unpaired) electrons. The molecule has 0 unspecified atom stereocenters. The van der Waals surface area contributed by atoms with Gasteiger partial charge < -0.3 is 15.8 Å². The molecule has 2 aromatic rings. The summed E-state index contributed by atoms with van der Waals surface area (Å²) in [5.74, 6) is -0.326. The van der Waals surface area contributed by atoms with Gasteiger partial charge >= 0.3 is 0 Å². The van der Waals surface area contributed by atoms with Crippen LogP contribution in [0.3, 0.4) is 0 Å². The first kappa shape index (κ1) is 14.9. The molecule has 0 atom stereocenters. The lowest BCUT2D eigenvalue weighted by Crippen LogP contribution is -2.23. The van der Waals surface area contributed by atoms with Crippen molar-refractivity contribution in [1.29, 1.82) is 0 Å². The van der Waals surface area contributed by atoms with E-state index in [1.54, 1.807) is 13.0 Å². The Kier molecular flexibility index (Phi) is 4.78. The summed E-state index contributed by atoms with van der Waals surface area (Å²) in [6.45, 7) is 2.31. The smallest absolute Gasteiger partial charge is 0.271 e. The van der Waals surface area contributed by atoms with Crippen LogP contribution in [0.15, 0.2) is 30.3 Å². The van der Waals surface area contributed by atoms with Crippen LogP contribution < -0.4 is 15.8 Å². The molecule has 7 heteroatoms. The molecule has 0 spiro atoms. The predicted octanol–water partition coefficient (Wildman–Crippen LogP) is 1.62. The molecule has 3 N–H and O–H groups in total. The highest BCUT2D eigenvalue weighted by molar-refractivity contribution is 5.91. The van der Waals surface area contributed by atoms with Crippen molar-refractivity contribution < 1.29 is 13.9 Å². The summed E-state index contributed by atoms with van der Waals surface area (Å²) in [5, 5.41) is 10.2. The number of nitrogens with zero attached hydrogens (tertiary/aromatic N) is 2. The van der Waals surface area contributed by atoms with Gasteiger partial charge in [0.15, 0.2) is 5.69 Å². The van der Waals surface area contributed by atoms with E-state index in [1.165, 1.54) is 24.3 Å². The van der Waals surface area contributed by atoms with Gasteiger partial charge in [0.1, 0.15) is 11.6 Å². The standard InChI is InChI=1S/C14H15FN4O2/c1-2-17-14(20)11-6-7-13(19-18-11)21-12-5-3-4-10(15)9(12)8-16/h3-7H,2,8,16H2,1H3,(H,17,20). The monoisotopic (exact) mass is 290 g/mol. The molecule has 1 heterocycles. The largest absolute Gasteiger partial charge is 0.437 e. The maximum atomic E-state index is 13.6. The zero-order chi connectivity index (χ0) is 15.2. The third-order valence-corrected chi connectivity index (χ3v) is 2.70. The van der Waals surface area contributed by atoms with Gasteiger partial charge in [-0.1, -0.05) is 6.07 Å². The Labute approximate surface area is 121 Å². The molecular weight excluding hydrogens is 275 g/mol. The second-order valence-corrected chi connectivity index (χ2v) is 4.14. The topological polar surface area (TPSA) is 90.1 Å². The van der Waals surface area contributed by atoms with Crippen LogP contribution in [0.1, 0.15) is 23.0 Å². The number of carbonyl (C=O) groups is 1. The minimum Gasteiger partial charge on any atom is -0.437 e. The number of rotatable bonds is 5. The Hall–Kier alpha value is -2.54. The molecule has 0 aliphatic heterocycles. The second kappa shape index (κ2) is 6.76. The van der Waals surface area contributed by atoms with Gasteiger partial charge in [0, 0.05) is 24.7 Å². The fourth-order valence-corrected chi connectivity index (χ4v) is 1.69. The summed E-state index contributed by atoms with van der Waals surface area (Å²) in [7, 11) is 0. The van der Waals surface area contributed by atoms with Crippen LogP contribution in [0.25, 0.3) is 0 Å².